The highest BCUT2D eigenvalue weighted by molar-refractivity contribution is 6.08. The van der Waals surface area contributed by atoms with E-state index in [0.29, 0.717) is 16.5 Å². The predicted molar refractivity (Wildman–Crippen MR) is 106 cm³/mol. The standard InChI is InChI=1S/C24H18F4/c1-2-3-15-4-10-19-17(14-15)7-11-22-21(19)13-12-20(23(22)25)16-5-8-18(9-6-16)24(26,27)28/h4-14H,2-3H2,1H3. The van der Waals surface area contributed by atoms with Crippen LogP contribution >= 0.6 is 0 Å². The van der Waals surface area contributed by atoms with Crippen LogP contribution in [0.5, 0.6) is 0 Å². The zero-order valence-electron chi connectivity index (χ0n) is 15.3. The van der Waals surface area contributed by atoms with E-state index >= 15 is 4.39 Å². The lowest BCUT2D eigenvalue weighted by molar-refractivity contribution is -0.137. The molecule has 0 heterocycles. The van der Waals surface area contributed by atoms with Gasteiger partial charge in [0.25, 0.3) is 0 Å². The Bertz CT molecular complexity index is 1160. The molecule has 0 radical (unpaired) electrons. The van der Waals surface area contributed by atoms with E-state index in [-0.39, 0.29) is 0 Å². The van der Waals surface area contributed by atoms with Crippen LogP contribution in [0, 0.1) is 5.82 Å². The lowest BCUT2D eigenvalue weighted by Gasteiger charge is -2.11. The fraction of sp³-hybridized carbons (Fsp3) is 0.167. The second-order valence-electron chi connectivity index (χ2n) is 6.97. The molecule has 0 N–H and O–H groups in total. The molecule has 0 saturated heterocycles. The first-order valence-corrected chi connectivity index (χ1v) is 9.20. The molecule has 0 aromatic heterocycles. The molecule has 0 saturated carbocycles. The molecule has 0 aliphatic rings. The summed E-state index contributed by atoms with van der Waals surface area (Å²) in [6.07, 6.45) is -2.35. The monoisotopic (exact) mass is 382 g/mol. The zero-order chi connectivity index (χ0) is 19.9. The molecule has 0 unspecified atom stereocenters. The third-order valence-electron chi connectivity index (χ3n) is 5.08. The Morgan fingerprint density at radius 1 is 0.750 bits per heavy atom. The van der Waals surface area contributed by atoms with E-state index in [1.807, 2.05) is 18.2 Å². The van der Waals surface area contributed by atoms with Crippen LogP contribution in [-0.4, -0.2) is 0 Å². The van der Waals surface area contributed by atoms with Crippen molar-refractivity contribution in [2.75, 3.05) is 0 Å². The van der Waals surface area contributed by atoms with Gasteiger partial charge in [0.2, 0.25) is 0 Å². The van der Waals surface area contributed by atoms with E-state index in [2.05, 4.69) is 19.1 Å². The van der Waals surface area contributed by atoms with Crippen molar-refractivity contribution in [2.24, 2.45) is 0 Å². The van der Waals surface area contributed by atoms with Crippen LogP contribution in [0.15, 0.2) is 66.7 Å². The smallest absolute Gasteiger partial charge is 0.206 e. The molecule has 0 nitrogen and oxygen atoms in total. The number of hydrogen-bond acceptors (Lipinski definition) is 0. The van der Waals surface area contributed by atoms with Gasteiger partial charge in [0, 0.05) is 10.9 Å². The van der Waals surface area contributed by atoms with Gasteiger partial charge in [-0.05, 0) is 45.8 Å². The van der Waals surface area contributed by atoms with E-state index in [1.54, 1.807) is 12.1 Å². The molecule has 4 aromatic carbocycles. The van der Waals surface area contributed by atoms with Gasteiger partial charge in [0.15, 0.2) is 0 Å². The number of hydrogen-bond donors (Lipinski definition) is 0. The van der Waals surface area contributed by atoms with Crippen LogP contribution in [0.2, 0.25) is 0 Å². The van der Waals surface area contributed by atoms with Crippen molar-refractivity contribution >= 4 is 21.5 Å². The van der Waals surface area contributed by atoms with Crippen LogP contribution < -0.4 is 0 Å². The average Bonchev–Trinajstić information content (AvgIpc) is 2.67. The summed E-state index contributed by atoms with van der Waals surface area (Å²) < 4.78 is 53.5. The Morgan fingerprint density at radius 2 is 1.43 bits per heavy atom. The molecule has 142 valence electrons. The number of aryl methyl sites for hydroxylation is 1. The number of alkyl halides is 3. The van der Waals surface area contributed by atoms with Gasteiger partial charge in [-0.1, -0.05) is 67.9 Å². The van der Waals surface area contributed by atoms with E-state index < -0.39 is 17.6 Å². The summed E-state index contributed by atoms with van der Waals surface area (Å²) in [5.41, 5.74) is 1.22. The van der Waals surface area contributed by atoms with Gasteiger partial charge in [-0.15, -0.1) is 0 Å². The first-order chi connectivity index (χ1) is 13.4. The highest BCUT2D eigenvalue weighted by Crippen LogP contribution is 2.35. The summed E-state index contributed by atoms with van der Waals surface area (Å²) in [4.78, 5) is 0. The van der Waals surface area contributed by atoms with Gasteiger partial charge in [-0.3, -0.25) is 0 Å². The Morgan fingerprint density at radius 3 is 2.11 bits per heavy atom. The predicted octanol–water partition coefficient (Wildman–Crippen LogP) is 7.77. The van der Waals surface area contributed by atoms with Crippen LogP contribution in [-0.2, 0) is 12.6 Å². The molecule has 0 spiro atoms. The molecule has 0 bridgehead atoms. The summed E-state index contributed by atoms with van der Waals surface area (Å²) in [6, 6.07) is 17.9. The average molecular weight is 382 g/mol. The maximum Gasteiger partial charge on any atom is 0.416 e. The third-order valence-corrected chi connectivity index (χ3v) is 5.08. The maximum atomic E-state index is 15.2. The molecule has 0 aliphatic heterocycles. The van der Waals surface area contributed by atoms with Crippen molar-refractivity contribution < 1.29 is 17.6 Å². The van der Waals surface area contributed by atoms with Crippen molar-refractivity contribution in [3.8, 4) is 11.1 Å². The largest absolute Gasteiger partial charge is 0.416 e. The van der Waals surface area contributed by atoms with E-state index in [4.69, 9.17) is 0 Å². The van der Waals surface area contributed by atoms with Crippen molar-refractivity contribution in [1.29, 1.82) is 0 Å². The SMILES string of the molecule is CCCc1ccc2c(ccc3c(F)c(-c4ccc(C(F)(F)F)cc4)ccc32)c1. The summed E-state index contributed by atoms with van der Waals surface area (Å²) in [5, 5.41) is 3.29. The minimum absolute atomic E-state index is 0.295. The summed E-state index contributed by atoms with van der Waals surface area (Å²) in [6.45, 7) is 2.13. The Kier molecular flexibility index (Phi) is 4.58. The number of rotatable bonds is 3. The maximum absolute atomic E-state index is 15.2. The molecular weight excluding hydrogens is 364 g/mol. The van der Waals surface area contributed by atoms with Crippen LogP contribution in [0.3, 0.4) is 0 Å². The highest BCUT2D eigenvalue weighted by Gasteiger charge is 2.30. The minimum Gasteiger partial charge on any atom is -0.206 e. The second kappa shape index (κ2) is 6.93. The summed E-state index contributed by atoms with van der Waals surface area (Å²) in [5.74, 6) is -0.420. The van der Waals surface area contributed by atoms with Crippen molar-refractivity contribution in [1.82, 2.24) is 0 Å². The van der Waals surface area contributed by atoms with E-state index in [0.717, 1.165) is 41.1 Å². The van der Waals surface area contributed by atoms with Gasteiger partial charge in [-0.25, -0.2) is 4.39 Å². The molecular formula is C24H18F4. The normalized spacial score (nSPS) is 12.0. The van der Waals surface area contributed by atoms with Gasteiger partial charge >= 0.3 is 6.18 Å². The number of fused-ring (bicyclic) bond motifs is 3. The molecule has 0 fully saturated rings. The minimum atomic E-state index is -4.41. The molecule has 0 atom stereocenters. The van der Waals surface area contributed by atoms with E-state index in [1.165, 1.54) is 17.7 Å². The van der Waals surface area contributed by atoms with Crippen LogP contribution in [0.1, 0.15) is 24.5 Å². The Labute approximate surface area is 160 Å². The highest BCUT2D eigenvalue weighted by atomic mass is 19.4. The third kappa shape index (κ3) is 3.24. The van der Waals surface area contributed by atoms with Crippen molar-refractivity contribution in [3.05, 3.63) is 83.7 Å². The zero-order valence-corrected chi connectivity index (χ0v) is 15.3. The van der Waals surface area contributed by atoms with Gasteiger partial charge in [0.05, 0.1) is 5.56 Å². The molecule has 4 heteroatoms. The number of benzene rings is 4. The lowest BCUT2D eigenvalue weighted by atomic mass is 9.95. The first-order valence-electron chi connectivity index (χ1n) is 9.20. The fourth-order valence-corrected chi connectivity index (χ4v) is 3.67. The molecule has 28 heavy (non-hydrogen) atoms. The van der Waals surface area contributed by atoms with Gasteiger partial charge in [-0.2, -0.15) is 13.2 Å². The van der Waals surface area contributed by atoms with E-state index in [9.17, 15) is 13.2 Å². The lowest BCUT2D eigenvalue weighted by Crippen LogP contribution is -2.04. The van der Waals surface area contributed by atoms with Crippen molar-refractivity contribution in [3.63, 3.8) is 0 Å². The van der Waals surface area contributed by atoms with Crippen molar-refractivity contribution in [2.45, 2.75) is 25.9 Å². The summed E-state index contributed by atoms with van der Waals surface area (Å²) in [7, 11) is 0. The molecule has 4 rings (SSSR count). The van der Waals surface area contributed by atoms with Crippen LogP contribution in [0.4, 0.5) is 17.6 Å². The number of halogens is 4. The molecule has 0 amide bonds. The molecule has 4 aromatic rings. The second-order valence-corrected chi connectivity index (χ2v) is 6.97. The quantitative estimate of drug-likeness (QED) is 0.251. The Hall–Kier alpha value is -2.88. The first kappa shape index (κ1) is 18.5. The molecule has 0 aliphatic carbocycles. The van der Waals surface area contributed by atoms with Crippen LogP contribution in [0.25, 0.3) is 32.7 Å². The van der Waals surface area contributed by atoms with Gasteiger partial charge < -0.3 is 0 Å². The van der Waals surface area contributed by atoms with Gasteiger partial charge in [0.1, 0.15) is 5.82 Å². The topological polar surface area (TPSA) is 0 Å². The Balaban J connectivity index is 1.82. The summed E-state index contributed by atoms with van der Waals surface area (Å²) >= 11 is 0. The fourth-order valence-electron chi connectivity index (χ4n) is 3.67.